The highest BCUT2D eigenvalue weighted by Gasteiger charge is 2.29. The van der Waals surface area contributed by atoms with Crippen LogP contribution in [0.3, 0.4) is 0 Å². The van der Waals surface area contributed by atoms with E-state index in [4.69, 9.17) is 113 Å². The van der Waals surface area contributed by atoms with Crippen molar-refractivity contribution in [2.24, 2.45) is 0 Å². The van der Waals surface area contributed by atoms with Crippen LogP contribution in [0.25, 0.3) is 0 Å². The number of carbonyl (C=O) groups excluding carboxylic acids is 8. The van der Waals surface area contributed by atoms with Gasteiger partial charge in [0.05, 0.1) is 26.4 Å². The summed E-state index contributed by atoms with van der Waals surface area (Å²) >= 11 is 41.8. The van der Waals surface area contributed by atoms with Gasteiger partial charge in [-0.1, -0.05) is 235 Å². The fourth-order valence-electron chi connectivity index (χ4n) is 14.5. The summed E-state index contributed by atoms with van der Waals surface area (Å²) in [5.41, 5.74) is 7.08. The second kappa shape index (κ2) is 67.2. The van der Waals surface area contributed by atoms with Gasteiger partial charge < -0.3 is 55.8 Å². The molecular formula is C105H128N16O11S8. The van der Waals surface area contributed by atoms with Crippen LogP contribution < -0.4 is 68.7 Å². The number of aryl methyl sites for hydroxylation is 1. The number of aliphatic hydroxyl groups is 2. The van der Waals surface area contributed by atoms with E-state index in [0.717, 1.165) is 103 Å². The predicted octanol–water partition coefficient (Wildman–Crippen LogP) is 15.4. The summed E-state index contributed by atoms with van der Waals surface area (Å²) in [7, 11) is 0. The third-order valence-electron chi connectivity index (χ3n) is 22.0. The smallest absolute Gasteiger partial charge is 0.257 e. The van der Waals surface area contributed by atoms with Crippen molar-refractivity contribution in [1.29, 1.82) is 0 Å². The van der Waals surface area contributed by atoms with Crippen LogP contribution >= 0.6 is 97.7 Å². The molecule has 0 spiro atoms. The Morgan fingerprint density at radius 3 is 1.02 bits per heavy atom. The average molecular weight is 2050 g/mol. The van der Waals surface area contributed by atoms with E-state index in [1.165, 1.54) is 61.8 Å². The summed E-state index contributed by atoms with van der Waals surface area (Å²) in [6, 6.07) is 80.6. The molecule has 742 valence electrons. The van der Waals surface area contributed by atoms with E-state index < -0.39 is 0 Å². The fraction of sp³-hybridized carbons (Fsp3) is 0.333. The van der Waals surface area contributed by atoms with Crippen LogP contribution in [-0.2, 0) is 11.2 Å². The minimum Gasteiger partial charge on any atom is -0.395 e. The van der Waals surface area contributed by atoms with Gasteiger partial charge in [-0.05, 0) is 265 Å². The van der Waals surface area contributed by atoms with E-state index >= 15 is 0 Å². The molecule has 9 aromatic rings. The molecule has 27 nitrogen and oxygen atoms in total. The van der Waals surface area contributed by atoms with E-state index in [-0.39, 0.29) is 101 Å². The highest BCUT2D eigenvalue weighted by atomic mass is 32.1. The number of nitrogens with one attached hydrogen (secondary N) is 12. The van der Waals surface area contributed by atoms with Crippen LogP contribution in [0.2, 0.25) is 0 Å². The Morgan fingerprint density at radius 2 is 0.650 bits per heavy atom. The minimum absolute atomic E-state index is 0.00565. The predicted molar refractivity (Wildman–Crippen MR) is 589 cm³/mol. The molecule has 0 bridgehead atoms. The molecular weight excluding hydrogens is 1920 g/mol. The number of aliphatic hydroxyl groups excluding tert-OH is 2. The normalized spacial score (nSPS) is 13.6. The van der Waals surface area contributed by atoms with Gasteiger partial charge in [0.1, 0.15) is 0 Å². The van der Waals surface area contributed by atoms with Gasteiger partial charge in [0.15, 0.2) is 40.9 Å². The van der Waals surface area contributed by atoms with Gasteiger partial charge in [0.25, 0.3) is 47.3 Å². The summed E-state index contributed by atoms with van der Waals surface area (Å²) in [5, 5.41) is 55.2. The van der Waals surface area contributed by atoms with Crippen molar-refractivity contribution in [1.82, 2.24) is 78.5 Å². The van der Waals surface area contributed by atoms with Crippen LogP contribution in [0.15, 0.2) is 267 Å². The van der Waals surface area contributed by atoms with Crippen LogP contribution in [0.1, 0.15) is 212 Å². The van der Waals surface area contributed by atoms with Crippen molar-refractivity contribution in [3.05, 3.63) is 317 Å². The zero-order valence-corrected chi connectivity index (χ0v) is 85.8. The van der Waals surface area contributed by atoms with Crippen molar-refractivity contribution in [2.45, 2.75) is 148 Å². The number of benzene rings is 9. The lowest BCUT2D eigenvalue weighted by Crippen LogP contribution is -2.57. The number of nitrogens with zero attached hydrogens (tertiary/aromatic N) is 4. The van der Waals surface area contributed by atoms with Gasteiger partial charge in [-0.15, -0.1) is 0 Å². The second-order valence-electron chi connectivity index (χ2n) is 32.1. The molecule has 140 heavy (non-hydrogen) atoms. The maximum absolute atomic E-state index is 12.3. The van der Waals surface area contributed by atoms with Gasteiger partial charge in [-0.3, -0.25) is 80.9 Å². The van der Waals surface area contributed by atoms with Crippen LogP contribution in [0.4, 0.5) is 5.69 Å². The number of rotatable bonds is 24. The van der Waals surface area contributed by atoms with E-state index in [1.807, 2.05) is 150 Å². The van der Waals surface area contributed by atoms with Crippen molar-refractivity contribution in [3.8, 4) is 0 Å². The molecule has 14 N–H and O–H groups in total. The number of fused-ring (bicyclic) bond motifs is 1. The SMILES string of the molecule is CCCCCCCCNC(=S)NC(=O)c1ccccc1.CCN(CC)C(=S)NC(=O)c1ccccc1.O=C(NC(=S)N(CCO)CCO)c1ccccc1.O=C(NC(=S)N1CCCc2ccccc21)c1ccccc1.O=C(NC(=S)N1CCOCC1)c1ccccc1.O=C(NC(=S)NC1CCCCC1)c1ccccc1.O=C(NC(=S)NC1CCCCC1NC(=S)NC(=O)c1ccccc1)c1ccccc1. The van der Waals surface area contributed by atoms with Crippen LogP contribution in [0, 0.1) is 0 Å². The number of hydrogen-bond donors (Lipinski definition) is 14. The van der Waals surface area contributed by atoms with E-state index in [9.17, 15) is 38.4 Å². The van der Waals surface area contributed by atoms with Crippen molar-refractivity contribution in [2.75, 3.05) is 83.7 Å². The number of para-hydroxylation sites is 1. The lowest BCUT2D eigenvalue weighted by molar-refractivity contribution is 0.0669. The number of hydrogen-bond acceptors (Lipinski definition) is 19. The highest BCUT2D eigenvalue weighted by Crippen LogP contribution is 2.27. The first kappa shape index (κ1) is 115. The molecule has 2 heterocycles. The minimum atomic E-state index is -0.304. The standard InChI is InChI=1S/C22H24N4O2S2.C17H16N2OS.C16H24N2OS.C14H18N2OS.C12H16N2O3S.C12H14N2O2S.C12H16N2OS/c27-19(15-9-3-1-4-10-15)25-21(29)23-17-13-7-8-14-18(17)24-22(30)26-20(28)16-11-5-2-6-12-16;20-16(14-8-2-1-3-9-14)18-17(21)19-12-6-10-13-7-4-5-11-15(13)19;1-2-3-4-5-6-10-13-17-16(20)18-15(19)14-11-8-7-9-12-14;17-13(11-7-3-1-4-8-11)16-14(18)15-12-9-5-2-6-10-12;15-8-6-14(7-9-16)12(18)13-11(17)10-4-2-1-3-5-10;15-11(10-4-2-1-3-5-10)13-12(17)14-6-8-16-9-7-14;1-3-14(4-2)12(16)13-11(15)10-8-6-5-7-9-10/h1-6,9-12,17-18H,7-8,13-14H2,(H2,23,25,27,29)(H2,24,26,28,30);1-5,7-9,11H,6,10,12H2,(H,18,20,21);7-9,11-12H,2-6,10,13H2,1H3,(H2,17,18,19,20);1,3-4,7-8,12H,2,5-6,9-10H2,(H2,15,16,17,18);1-5,15-16H,6-9H2,(H,13,17,18);1-5H,6-9H2,(H,13,15,17);5-9H,3-4H2,1-2H3,(H,13,15,16). The monoisotopic (exact) mass is 2040 g/mol. The van der Waals surface area contributed by atoms with Gasteiger partial charge in [-0.2, -0.15) is 0 Å². The molecule has 8 amide bonds. The van der Waals surface area contributed by atoms with Gasteiger partial charge in [-0.25, -0.2) is 0 Å². The molecule has 2 unspecified atom stereocenters. The highest BCUT2D eigenvalue weighted by molar-refractivity contribution is 7.81. The molecule has 0 radical (unpaired) electrons. The molecule has 2 aliphatic heterocycles. The van der Waals surface area contributed by atoms with Crippen molar-refractivity contribution in [3.63, 3.8) is 0 Å². The summed E-state index contributed by atoms with van der Waals surface area (Å²) in [6.07, 6.45) is 19.5. The molecule has 13 rings (SSSR count). The molecule has 3 fully saturated rings. The molecule has 9 aromatic carbocycles. The zero-order valence-electron chi connectivity index (χ0n) is 79.3. The lowest BCUT2D eigenvalue weighted by atomic mass is 9.90. The maximum atomic E-state index is 12.3. The Bertz CT molecular complexity index is 5300. The second-order valence-corrected chi connectivity index (χ2v) is 35.3. The molecule has 1 saturated heterocycles. The van der Waals surface area contributed by atoms with Crippen LogP contribution in [-0.4, -0.2) is 210 Å². The first-order chi connectivity index (χ1) is 67.9. The Balaban J connectivity index is 0.000000224. The van der Waals surface area contributed by atoms with Crippen molar-refractivity contribution < 1.29 is 53.3 Å². The first-order valence-electron chi connectivity index (χ1n) is 47.1. The number of anilines is 1. The Labute approximate surface area is 865 Å². The topological polar surface area (TPSA) is 344 Å². The van der Waals surface area contributed by atoms with Crippen molar-refractivity contribution >= 4 is 192 Å². The fourth-order valence-corrected chi connectivity index (χ4v) is 16.6. The first-order valence-corrected chi connectivity index (χ1v) is 50.3. The quantitative estimate of drug-likeness (QED) is 0.0197. The Morgan fingerprint density at radius 1 is 0.336 bits per heavy atom. The van der Waals surface area contributed by atoms with E-state index in [2.05, 4.69) is 82.9 Å². The van der Waals surface area contributed by atoms with E-state index in [1.54, 1.807) is 133 Å². The van der Waals surface area contributed by atoms with Gasteiger partial charge in [0.2, 0.25) is 0 Å². The number of unbranched alkanes of at least 4 members (excludes halogenated alkanes) is 5. The number of amides is 8. The lowest BCUT2D eigenvalue weighted by Gasteiger charge is -2.34. The van der Waals surface area contributed by atoms with Gasteiger partial charge in [0, 0.05) is 121 Å². The van der Waals surface area contributed by atoms with E-state index in [0.29, 0.717) is 89.3 Å². The number of morpholine rings is 1. The molecule has 0 aromatic heterocycles. The Hall–Kier alpha value is -12.3. The number of ether oxygens (including phenoxy) is 1. The van der Waals surface area contributed by atoms with Crippen LogP contribution in [0.5, 0.6) is 0 Å². The molecule has 2 atom stereocenters. The number of thiocarbonyl (C=S) groups is 8. The summed E-state index contributed by atoms with van der Waals surface area (Å²) in [4.78, 5) is 103. The average Bonchev–Trinajstić information content (AvgIpc) is 0.809. The summed E-state index contributed by atoms with van der Waals surface area (Å²) in [5.74, 6) is -1.60. The molecule has 2 aliphatic carbocycles. The largest absolute Gasteiger partial charge is 0.395 e. The number of carbonyl (C=O) groups is 8. The van der Waals surface area contributed by atoms with Gasteiger partial charge >= 0.3 is 0 Å². The Kier molecular flexibility index (Phi) is 55.0. The summed E-state index contributed by atoms with van der Waals surface area (Å²) < 4.78 is 5.23. The third kappa shape index (κ3) is 44.1. The zero-order chi connectivity index (χ0) is 101. The molecule has 2 saturated carbocycles. The maximum Gasteiger partial charge on any atom is 0.257 e. The third-order valence-corrected chi connectivity index (χ3v) is 24.3. The molecule has 4 aliphatic rings. The summed E-state index contributed by atoms with van der Waals surface area (Å²) in [6.45, 7) is 12.6. The molecule has 35 heteroatoms.